The van der Waals surface area contributed by atoms with Gasteiger partial charge in [-0.3, -0.25) is 14.5 Å². The number of carbonyl (C=O) groups excluding carboxylic acids is 2. The van der Waals surface area contributed by atoms with Crippen molar-refractivity contribution in [1.29, 1.82) is 0 Å². The Labute approximate surface area is 231 Å². The standard InChI is InChI=1S/C31H28FN5O3/c1-2-40-28-15-9-6-12-25(28)30(31(39)33-20-22-10-4-3-5-11-22)37(24-18-16-23(32)17-19-24)29(38)21-36-27-14-8-7-13-26(27)34-35-36/h3-19,30H,2,20-21H2,1H3,(H,33,39). The number of nitrogens with one attached hydrogen (secondary N) is 1. The predicted molar refractivity (Wildman–Crippen MR) is 150 cm³/mol. The monoisotopic (exact) mass is 537 g/mol. The summed E-state index contributed by atoms with van der Waals surface area (Å²) < 4.78 is 21.3. The quantitative estimate of drug-likeness (QED) is 0.269. The van der Waals surface area contributed by atoms with Gasteiger partial charge in [0.1, 0.15) is 29.7 Å². The number of carbonyl (C=O) groups is 2. The first kappa shape index (κ1) is 26.6. The van der Waals surface area contributed by atoms with Crippen LogP contribution in [0.1, 0.15) is 24.1 Å². The van der Waals surface area contributed by atoms with E-state index in [0.29, 0.717) is 34.6 Å². The second-order valence-corrected chi connectivity index (χ2v) is 9.05. The molecule has 0 aliphatic rings. The maximum Gasteiger partial charge on any atom is 0.249 e. The minimum atomic E-state index is -1.13. The van der Waals surface area contributed by atoms with Gasteiger partial charge in [0.25, 0.3) is 0 Å². The van der Waals surface area contributed by atoms with Gasteiger partial charge in [-0.25, -0.2) is 9.07 Å². The largest absolute Gasteiger partial charge is 0.493 e. The van der Waals surface area contributed by atoms with Crippen LogP contribution >= 0.6 is 0 Å². The number of ether oxygens (including phenoxy) is 1. The second kappa shape index (κ2) is 12.2. The molecule has 1 unspecified atom stereocenters. The number of fused-ring (bicyclic) bond motifs is 1. The van der Waals surface area contributed by atoms with Crippen molar-refractivity contribution in [2.24, 2.45) is 0 Å². The van der Waals surface area contributed by atoms with Gasteiger partial charge < -0.3 is 10.1 Å². The van der Waals surface area contributed by atoms with E-state index in [-0.39, 0.29) is 13.1 Å². The van der Waals surface area contributed by atoms with Crippen molar-refractivity contribution in [3.05, 3.63) is 120 Å². The molecule has 5 rings (SSSR count). The molecular weight excluding hydrogens is 509 g/mol. The highest BCUT2D eigenvalue weighted by Gasteiger charge is 2.35. The number of hydrogen-bond acceptors (Lipinski definition) is 5. The van der Waals surface area contributed by atoms with Crippen LogP contribution in [0.15, 0.2) is 103 Å². The second-order valence-electron chi connectivity index (χ2n) is 9.05. The van der Waals surface area contributed by atoms with E-state index >= 15 is 0 Å². The highest BCUT2D eigenvalue weighted by Crippen LogP contribution is 2.34. The first-order valence-electron chi connectivity index (χ1n) is 12.9. The first-order valence-corrected chi connectivity index (χ1v) is 12.9. The molecule has 1 atom stereocenters. The molecule has 0 saturated carbocycles. The fourth-order valence-corrected chi connectivity index (χ4v) is 4.55. The Hall–Kier alpha value is -5.05. The molecule has 0 radical (unpaired) electrons. The van der Waals surface area contributed by atoms with Crippen LogP contribution in [0, 0.1) is 5.82 Å². The lowest BCUT2D eigenvalue weighted by Gasteiger charge is -2.32. The van der Waals surface area contributed by atoms with Gasteiger partial charge in [0, 0.05) is 17.8 Å². The van der Waals surface area contributed by atoms with Crippen LogP contribution in [0.4, 0.5) is 10.1 Å². The van der Waals surface area contributed by atoms with Crippen molar-refractivity contribution in [2.45, 2.75) is 26.1 Å². The summed E-state index contributed by atoms with van der Waals surface area (Å²) >= 11 is 0. The van der Waals surface area contributed by atoms with E-state index in [2.05, 4.69) is 15.6 Å². The Morgan fingerprint density at radius 1 is 0.925 bits per heavy atom. The zero-order valence-corrected chi connectivity index (χ0v) is 21.9. The number of hydrogen-bond donors (Lipinski definition) is 1. The van der Waals surface area contributed by atoms with Crippen LogP contribution in [0.2, 0.25) is 0 Å². The van der Waals surface area contributed by atoms with Crippen LogP contribution in [0.5, 0.6) is 5.75 Å². The maximum absolute atomic E-state index is 14.1. The molecule has 9 heteroatoms. The van der Waals surface area contributed by atoms with E-state index in [1.165, 1.54) is 33.8 Å². The Bertz CT molecular complexity index is 1600. The van der Waals surface area contributed by atoms with E-state index in [9.17, 15) is 14.0 Å². The SMILES string of the molecule is CCOc1ccccc1C(C(=O)NCc1ccccc1)N(C(=O)Cn1nnc2ccccc21)c1ccc(F)cc1. The van der Waals surface area contributed by atoms with Gasteiger partial charge in [0.2, 0.25) is 11.8 Å². The van der Waals surface area contributed by atoms with Gasteiger partial charge in [0.15, 0.2) is 0 Å². The summed E-state index contributed by atoms with van der Waals surface area (Å²) in [6.45, 7) is 2.27. The molecule has 5 aromatic rings. The summed E-state index contributed by atoms with van der Waals surface area (Å²) in [6.07, 6.45) is 0. The molecule has 1 N–H and O–H groups in total. The molecule has 1 heterocycles. The zero-order chi connectivity index (χ0) is 27.9. The molecule has 40 heavy (non-hydrogen) atoms. The van der Waals surface area contributed by atoms with Crippen molar-refractivity contribution in [3.8, 4) is 5.75 Å². The highest BCUT2D eigenvalue weighted by molar-refractivity contribution is 6.01. The highest BCUT2D eigenvalue weighted by atomic mass is 19.1. The number of para-hydroxylation sites is 2. The Morgan fingerprint density at radius 2 is 1.62 bits per heavy atom. The Morgan fingerprint density at radius 3 is 2.40 bits per heavy atom. The van der Waals surface area contributed by atoms with E-state index in [1.54, 1.807) is 30.3 Å². The van der Waals surface area contributed by atoms with E-state index < -0.39 is 23.7 Å². The summed E-state index contributed by atoms with van der Waals surface area (Å²) in [5.41, 5.74) is 3.07. The predicted octanol–water partition coefficient (Wildman–Crippen LogP) is 5.06. The zero-order valence-electron chi connectivity index (χ0n) is 21.9. The molecule has 0 aliphatic carbocycles. The van der Waals surface area contributed by atoms with Gasteiger partial charge >= 0.3 is 0 Å². The van der Waals surface area contributed by atoms with Crippen LogP contribution in [-0.2, 0) is 22.7 Å². The molecule has 2 amide bonds. The van der Waals surface area contributed by atoms with E-state index in [4.69, 9.17) is 4.74 Å². The van der Waals surface area contributed by atoms with Crippen molar-refractivity contribution in [3.63, 3.8) is 0 Å². The maximum atomic E-state index is 14.1. The smallest absolute Gasteiger partial charge is 0.249 e. The van der Waals surface area contributed by atoms with Crippen LogP contribution in [-0.4, -0.2) is 33.4 Å². The Kier molecular flexibility index (Phi) is 8.10. The number of nitrogens with zero attached hydrogens (tertiary/aromatic N) is 4. The molecule has 1 aromatic heterocycles. The number of aromatic nitrogens is 3. The Balaban J connectivity index is 1.58. The normalized spacial score (nSPS) is 11.7. The summed E-state index contributed by atoms with van der Waals surface area (Å²) in [6, 6.07) is 28.2. The van der Waals surface area contributed by atoms with Crippen molar-refractivity contribution >= 4 is 28.5 Å². The van der Waals surface area contributed by atoms with Gasteiger partial charge in [-0.2, -0.15) is 0 Å². The van der Waals surface area contributed by atoms with Crippen LogP contribution in [0.3, 0.4) is 0 Å². The molecule has 202 valence electrons. The van der Waals surface area contributed by atoms with Gasteiger partial charge in [-0.15, -0.1) is 5.10 Å². The summed E-state index contributed by atoms with van der Waals surface area (Å²) in [5.74, 6) is -0.847. The molecule has 0 saturated heterocycles. The minimum absolute atomic E-state index is 0.197. The minimum Gasteiger partial charge on any atom is -0.493 e. The third-order valence-corrected chi connectivity index (χ3v) is 6.41. The molecule has 8 nitrogen and oxygen atoms in total. The third kappa shape index (κ3) is 5.83. The van der Waals surface area contributed by atoms with Crippen molar-refractivity contribution < 1.29 is 18.7 Å². The lowest BCUT2D eigenvalue weighted by Crippen LogP contribution is -2.45. The molecule has 0 aliphatic heterocycles. The topological polar surface area (TPSA) is 89.4 Å². The average Bonchev–Trinajstić information content (AvgIpc) is 3.39. The number of amides is 2. The summed E-state index contributed by atoms with van der Waals surface area (Å²) in [5, 5.41) is 11.3. The number of anilines is 1. The average molecular weight is 538 g/mol. The molecular formula is C31H28FN5O3. The van der Waals surface area contributed by atoms with Gasteiger partial charge in [-0.1, -0.05) is 65.9 Å². The number of benzene rings is 4. The van der Waals surface area contributed by atoms with Crippen LogP contribution < -0.4 is 15.0 Å². The van der Waals surface area contributed by atoms with E-state index in [1.807, 2.05) is 55.5 Å². The lowest BCUT2D eigenvalue weighted by atomic mass is 10.0. The lowest BCUT2D eigenvalue weighted by molar-refractivity contribution is -0.127. The first-order chi connectivity index (χ1) is 19.5. The summed E-state index contributed by atoms with van der Waals surface area (Å²) in [7, 11) is 0. The van der Waals surface area contributed by atoms with Crippen molar-refractivity contribution in [1.82, 2.24) is 20.3 Å². The fraction of sp³-hybridized carbons (Fsp3) is 0.161. The van der Waals surface area contributed by atoms with Crippen LogP contribution in [0.25, 0.3) is 11.0 Å². The van der Waals surface area contributed by atoms with Crippen molar-refractivity contribution in [2.75, 3.05) is 11.5 Å². The number of rotatable bonds is 10. The fourth-order valence-electron chi connectivity index (χ4n) is 4.55. The molecule has 4 aromatic carbocycles. The molecule has 0 spiro atoms. The number of halogens is 1. The third-order valence-electron chi connectivity index (χ3n) is 6.41. The molecule has 0 fully saturated rings. The van der Waals surface area contributed by atoms with E-state index in [0.717, 1.165) is 5.56 Å². The van der Waals surface area contributed by atoms with Gasteiger partial charge in [-0.05, 0) is 55.0 Å². The summed E-state index contributed by atoms with van der Waals surface area (Å²) in [4.78, 5) is 29.5. The molecule has 0 bridgehead atoms. The van der Waals surface area contributed by atoms with Gasteiger partial charge in [0.05, 0.1) is 12.1 Å².